The number of rotatable bonds is 5. The minimum Gasteiger partial charge on any atom is -0.465 e. The number of aryl methyl sites for hydroxylation is 2. The first-order valence-electron chi connectivity index (χ1n) is 9.99. The maximum absolute atomic E-state index is 12.2. The molecule has 4 heterocycles. The molecule has 0 saturated carbocycles. The minimum atomic E-state index is -0.381. The molecular weight excluding hydrogens is 380 g/mol. The van der Waals surface area contributed by atoms with Gasteiger partial charge in [0.15, 0.2) is 0 Å². The van der Waals surface area contributed by atoms with E-state index >= 15 is 0 Å². The number of hydrogen-bond donors (Lipinski definition) is 0. The summed E-state index contributed by atoms with van der Waals surface area (Å²) in [5, 5.41) is 9.03. The normalized spacial score (nSPS) is 11.6. The van der Waals surface area contributed by atoms with Gasteiger partial charge in [-0.25, -0.2) is 9.31 Å². The van der Waals surface area contributed by atoms with Crippen molar-refractivity contribution in [1.82, 2.24) is 19.4 Å². The van der Waals surface area contributed by atoms with Crippen molar-refractivity contribution < 1.29 is 13.9 Å². The fraction of sp³-hybridized carbons (Fsp3) is 0.348. The van der Waals surface area contributed by atoms with Crippen molar-refractivity contribution >= 4 is 11.5 Å². The molecule has 0 aromatic carbocycles. The molecule has 0 fully saturated rings. The van der Waals surface area contributed by atoms with E-state index in [0.717, 1.165) is 33.6 Å². The third-order valence-corrected chi connectivity index (χ3v) is 5.39. The Bertz CT molecular complexity index is 1240. The highest BCUT2D eigenvalue weighted by Gasteiger charge is 2.21. The molecule has 4 aromatic heterocycles. The molecule has 4 aromatic rings. The molecular formula is C23H26N4O3. The van der Waals surface area contributed by atoms with Crippen LogP contribution in [0.25, 0.3) is 28.0 Å². The highest BCUT2D eigenvalue weighted by atomic mass is 16.5. The second kappa shape index (κ2) is 7.48. The maximum atomic E-state index is 12.2. The lowest BCUT2D eigenvalue weighted by molar-refractivity contribution is 0.0598. The number of carbonyl (C=O) groups is 1. The highest BCUT2D eigenvalue weighted by molar-refractivity contribution is 5.92. The summed E-state index contributed by atoms with van der Waals surface area (Å²) in [6, 6.07) is 5.74. The molecule has 0 aliphatic heterocycles. The number of nitrogens with zero attached hydrogens (tertiary/aromatic N) is 4. The zero-order chi connectivity index (χ0) is 21.6. The van der Waals surface area contributed by atoms with Crippen LogP contribution in [0.3, 0.4) is 0 Å². The van der Waals surface area contributed by atoms with Gasteiger partial charge < -0.3 is 9.15 Å². The minimum absolute atomic E-state index is 0.354. The van der Waals surface area contributed by atoms with Gasteiger partial charge in [0.2, 0.25) is 0 Å². The van der Waals surface area contributed by atoms with E-state index in [1.807, 2.05) is 47.7 Å². The Labute approximate surface area is 175 Å². The quantitative estimate of drug-likeness (QED) is 0.453. The van der Waals surface area contributed by atoms with E-state index in [0.29, 0.717) is 29.4 Å². The molecule has 0 unspecified atom stereocenters. The van der Waals surface area contributed by atoms with Gasteiger partial charge in [-0.2, -0.15) is 10.2 Å². The molecule has 156 valence electrons. The van der Waals surface area contributed by atoms with Crippen molar-refractivity contribution in [3.05, 3.63) is 53.3 Å². The van der Waals surface area contributed by atoms with E-state index in [2.05, 4.69) is 31.0 Å². The van der Waals surface area contributed by atoms with Crippen molar-refractivity contribution in [3.63, 3.8) is 0 Å². The van der Waals surface area contributed by atoms with Gasteiger partial charge in [0.1, 0.15) is 17.1 Å². The van der Waals surface area contributed by atoms with Crippen LogP contribution < -0.4 is 0 Å². The molecule has 0 bridgehead atoms. The molecule has 4 rings (SSSR count). The Balaban J connectivity index is 1.85. The van der Waals surface area contributed by atoms with Crippen molar-refractivity contribution in [3.8, 4) is 22.5 Å². The van der Waals surface area contributed by atoms with Crippen LogP contribution in [0.15, 0.2) is 35.0 Å². The van der Waals surface area contributed by atoms with Crippen LogP contribution in [-0.2, 0) is 18.2 Å². The first kappa shape index (κ1) is 19.9. The van der Waals surface area contributed by atoms with Crippen molar-refractivity contribution in [2.45, 2.75) is 34.1 Å². The SMILES string of the molecule is COC(=O)c1cc(-c2ccn3ncc(-c4c(C)nn(C)c4C)c3c2)oc1CC(C)C. The number of hydrogen-bond acceptors (Lipinski definition) is 5. The van der Waals surface area contributed by atoms with E-state index < -0.39 is 0 Å². The second-order valence-electron chi connectivity index (χ2n) is 8.01. The molecule has 0 radical (unpaired) electrons. The van der Waals surface area contributed by atoms with Gasteiger partial charge in [-0.05, 0) is 38.0 Å². The summed E-state index contributed by atoms with van der Waals surface area (Å²) in [6.07, 6.45) is 4.43. The number of carbonyl (C=O) groups excluding carboxylic acids is 1. The summed E-state index contributed by atoms with van der Waals surface area (Å²) >= 11 is 0. The van der Waals surface area contributed by atoms with Gasteiger partial charge >= 0.3 is 5.97 Å². The van der Waals surface area contributed by atoms with Crippen molar-refractivity contribution in [2.75, 3.05) is 7.11 Å². The van der Waals surface area contributed by atoms with Crippen LogP contribution in [0, 0.1) is 19.8 Å². The van der Waals surface area contributed by atoms with E-state index in [4.69, 9.17) is 9.15 Å². The fourth-order valence-electron chi connectivity index (χ4n) is 3.87. The smallest absolute Gasteiger partial charge is 0.341 e. The molecule has 0 N–H and O–H groups in total. The molecule has 0 spiro atoms. The van der Waals surface area contributed by atoms with Crippen LogP contribution in [0.5, 0.6) is 0 Å². The van der Waals surface area contributed by atoms with Gasteiger partial charge in [-0.1, -0.05) is 13.8 Å². The predicted octanol–water partition coefficient (Wildman–Crippen LogP) is 4.60. The van der Waals surface area contributed by atoms with Crippen LogP contribution >= 0.6 is 0 Å². The number of fused-ring (bicyclic) bond motifs is 1. The third kappa shape index (κ3) is 3.30. The zero-order valence-electron chi connectivity index (χ0n) is 18.2. The van der Waals surface area contributed by atoms with Gasteiger partial charge in [-0.3, -0.25) is 4.68 Å². The summed E-state index contributed by atoms with van der Waals surface area (Å²) in [6.45, 7) is 8.23. The number of pyridine rings is 1. The summed E-state index contributed by atoms with van der Waals surface area (Å²) < 4.78 is 14.8. The molecule has 30 heavy (non-hydrogen) atoms. The zero-order valence-corrected chi connectivity index (χ0v) is 18.2. The third-order valence-electron chi connectivity index (χ3n) is 5.39. The Morgan fingerprint density at radius 3 is 2.67 bits per heavy atom. The number of ether oxygens (including phenoxy) is 1. The summed E-state index contributed by atoms with van der Waals surface area (Å²) in [5.74, 6) is 1.26. The standard InChI is InChI=1S/C23H26N4O3/c1-13(2)9-21-17(23(28)29-6)11-20(30-21)16-7-8-27-19(10-16)18(12-24-27)22-14(3)25-26(5)15(22)4/h7-8,10-13H,9H2,1-6H3. The summed E-state index contributed by atoms with van der Waals surface area (Å²) in [7, 11) is 3.33. The molecule has 0 atom stereocenters. The number of furan rings is 1. The first-order chi connectivity index (χ1) is 14.3. The molecule has 0 aliphatic rings. The van der Waals surface area contributed by atoms with Crippen LogP contribution in [0.2, 0.25) is 0 Å². The van der Waals surface area contributed by atoms with Gasteiger partial charge in [0.05, 0.1) is 24.5 Å². The average Bonchev–Trinajstić information content (AvgIpc) is 3.37. The van der Waals surface area contributed by atoms with Crippen LogP contribution in [-0.4, -0.2) is 32.5 Å². The Morgan fingerprint density at radius 2 is 2.03 bits per heavy atom. The lowest BCUT2D eigenvalue weighted by atomic mass is 10.0. The lowest BCUT2D eigenvalue weighted by Gasteiger charge is -2.04. The van der Waals surface area contributed by atoms with Crippen molar-refractivity contribution in [1.29, 1.82) is 0 Å². The first-order valence-corrected chi connectivity index (χ1v) is 9.99. The molecule has 0 aliphatic carbocycles. The number of aromatic nitrogens is 4. The van der Waals surface area contributed by atoms with Crippen LogP contribution in [0.1, 0.15) is 41.4 Å². The maximum Gasteiger partial charge on any atom is 0.341 e. The molecule has 0 amide bonds. The van der Waals surface area contributed by atoms with Gasteiger partial charge in [-0.15, -0.1) is 0 Å². The largest absolute Gasteiger partial charge is 0.465 e. The lowest BCUT2D eigenvalue weighted by Crippen LogP contribution is -2.04. The summed E-state index contributed by atoms with van der Waals surface area (Å²) in [4.78, 5) is 12.2. The summed E-state index contributed by atoms with van der Waals surface area (Å²) in [5.41, 5.74) is 6.45. The average molecular weight is 406 g/mol. The van der Waals surface area contributed by atoms with E-state index in [9.17, 15) is 4.79 Å². The van der Waals surface area contributed by atoms with E-state index in [1.165, 1.54) is 7.11 Å². The molecule has 0 saturated heterocycles. The van der Waals surface area contributed by atoms with Gasteiger partial charge in [0.25, 0.3) is 0 Å². The fourth-order valence-corrected chi connectivity index (χ4v) is 3.87. The monoisotopic (exact) mass is 406 g/mol. The van der Waals surface area contributed by atoms with Gasteiger partial charge in [0, 0.05) is 42.0 Å². The van der Waals surface area contributed by atoms with E-state index in [1.54, 1.807) is 6.07 Å². The highest BCUT2D eigenvalue weighted by Crippen LogP contribution is 2.33. The van der Waals surface area contributed by atoms with Crippen molar-refractivity contribution in [2.24, 2.45) is 13.0 Å². The molecule has 7 heteroatoms. The van der Waals surface area contributed by atoms with Crippen LogP contribution in [0.4, 0.5) is 0 Å². The second-order valence-corrected chi connectivity index (χ2v) is 8.01. The predicted molar refractivity (Wildman–Crippen MR) is 114 cm³/mol. The number of methoxy groups -OCH3 is 1. The molecule has 7 nitrogen and oxygen atoms in total. The van der Waals surface area contributed by atoms with E-state index in [-0.39, 0.29) is 5.97 Å². The number of esters is 1. The Kier molecular flexibility index (Phi) is 4.97. The Morgan fingerprint density at radius 1 is 1.27 bits per heavy atom. The topological polar surface area (TPSA) is 74.6 Å². The Hall–Kier alpha value is -3.35.